The van der Waals surface area contributed by atoms with Crippen molar-refractivity contribution in [3.63, 3.8) is 0 Å². The minimum Gasteiger partial charge on any atom is -0.448 e. The van der Waals surface area contributed by atoms with E-state index >= 15 is 0 Å². The molecule has 7 nitrogen and oxygen atoms in total. The topological polar surface area (TPSA) is 88.6 Å². The highest BCUT2D eigenvalue weighted by atomic mass is 16.3. The van der Waals surface area contributed by atoms with Gasteiger partial charge >= 0.3 is 0 Å². The van der Waals surface area contributed by atoms with Gasteiger partial charge in [-0.15, -0.1) is 0 Å². The van der Waals surface area contributed by atoms with Crippen molar-refractivity contribution in [1.29, 1.82) is 0 Å². The number of furan rings is 1. The SMILES string of the molecule is O=C(Cn1cnc2c(oc3ccccc32)c1=O)N(CCO)C1CC1. The van der Waals surface area contributed by atoms with Gasteiger partial charge in [-0.2, -0.15) is 0 Å². The van der Waals surface area contributed by atoms with Crippen LogP contribution in [0, 0.1) is 0 Å². The molecule has 0 spiro atoms. The van der Waals surface area contributed by atoms with Crippen LogP contribution in [0.4, 0.5) is 0 Å². The molecule has 24 heavy (non-hydrogen) atoms. The molecule has 0 saturated heterocycles. The lowest BCUT2D eigenvalue weighted by Crippen LogP contribution is -2.39. The molecule has 0 radical (unpaired) electrons. The number of nitrogens with zero attached hydrogens (tertiary/aromatic N) is 3. The lowest BCUT2D eigenvalue weighted by Gasteiger charge is -2.21. The summed E-state index contributed by atoms with van der Waals surface area (Å²) in [5.41, 5.74) is 0.894. The Morgan fingerprint density at radius 3 is 2.92 bits per heavy atom. The van der Waals surface area contributed by atoms with Gasteiger partial charge in [-0.25, -0.2) is 4.98 Å². The molecule has 2 aromatic heterocycles. The number of para-hydroxylation sites is 1. The number of fused-ring (bicyclic) bond motifs is 3. The molecule has 1 aliphatic carbocycles. The van der Waals surface area contributed by atoms with Gasteiger partial charge in [0, 0.05) is 18.0 Å². The molecule has 124 valence electrons. The van der Waals surface area contributed by atoms with Crippen LogP contribution in [0.2, 0.25) is 0 Å². The number of hydrogen-bond donors (Lipinski definition) is 1. The summed E-state index contributed by atoms with van der Waals surface area (Å²) in [5.74, 6) is -0.189. The third kappa shape index (κ3) is 2.46. The third-order valence-corrected chi connectivity index (χ3v) is 4.31. The Balaban J connectivity index is 1.69. The second kappa shape index (κ2) is 5.76. The summed E-state index contributed by atoms with van der Waals surface area (Å²) in [4.78, 5) is 31.0. The Morgan fingerprint density at radius 1 is 1.38 bits per heavy atom. The van der Waals surface area contributed by atoms with Gasteiger partial charge in [0.15, 0.2) is 0 Å². The van der Waals surface area contributed by atoms with Crippen molar-refractivity contribution in [3.05, 3.63) is 40.9 Å². The lowest BCUT2D eigenvalue weighted by molar-refractivity contribution is -0.133. The summed E-state index contributed by atoms with van der Waals surface area (Å²) in [6.45, 7) is 0.103. The highest BCUT2D eigenvalue weighted by molar-refractivity contribution is 6.01. The van der Waals surface area contributed by atoms with E-state index in [4.69, 9.17) is 9.52 Å². The first kappa shape index (κ1) is 14.9. The van der Waals surface area contributed by atoms with Crippen LogP contribution in [0.1, 0.15) is 12.8 Å². The van der Waals surface area contributed by atoms with Crippen LogP contribution in [0.3, 0.4) is 0 Å². The number of aromatic nitrogens is 2. The fourth-order valence-corrected chi connectivity index (χ4v) is 2.97. The van der Waals surface area contributed by atoms with Gasteiger partial charge in [-0.05, 0) is 25.0 Å². The van der Waals surface area contributed by atoms with Crippen LogP contribution < -0.4 is 5.56 Å². The smallest absolute Gasteiger partial charge is 0.297 e. The van der Waals surface area contributed by atoms with Crippen molar-refractivity contribution >= 4 is 28.0 Å². The van der Waals surface area contributed by atoms with E-state index in [2.05, 4.69) is 4.98 Å². The summed E-state index contributed by atoms with van der Waals surface area (Å²) in [5, 5.41) is 9.90. The van der Waals surface area contributed by atoms with Gasteiger partial charge in [0.1, 0.15) is 17.6 Å². The lowest BCUT2D eigenvalue weighted by atomic mass is 10.2. The Hall–Kier alpha value is -2.67. The van der Waals surface area contributed by atoms with Gasteiger partial charge in [-0.1, -0.05) is 12.1 Å². The quantitative estimate of drug-likeness (QED) is 0.759. The Labute approximate surface area is 137 Å². The summed E-state index contributed by atoms with van der Waals surface area (Å²) < 4.78 is 6.88. The zero-order valence-electron chi connectivity index (χ0n) is 13.0. The largest absolute Gasteiger partial charge is 0.448 e. The maximum absolute atomic E-state index is 12.6. The van der Waals surface area contributed by atoms with Crippen molar-refractivity contribution in [1.82, 2.24) is 14.5 Å². The predicted molar refractivity (Wildman–Crippen MR) is 87.6 cm³/mol. The number of carbonyl (C=O) groups excluding carboxylic acids is 1. The molecule has 7 heteroatoms. The number of aliphatic hydroxyl groups excluding tert-OH is 1. The molecule has 0 atom stereocenters. The zero-order chi connectivity index (χ0) is 16.7. The predicted octanol–water partition coefficient (Wildman–Crippen LogP) is 1.13. The van der Waals surface area contributed by atoms with Crippen LogP contribution in [-0.4, -0.2) is 44.7 Å². The van der Waals surface area contributed by atoms with Crippen LogP contribution >= 0.6 is 0 Å². The van der Waals surface area contributed by atoms with E-state index in [0.717, 1.165) is 18.2 Å². The zero-order valence-corrected chi connectivity index (χ0v) is 13.0. The van der Waals surface area contributed by atoms with Gasteiger partial charge in [0.25, 0.3) is 5.56 Å². The molecule has 4 rings (SSSR count). The molecule has 1 saturated carbocycles. The van der Waals surface area contributed by atoms with Gasteiger partial charge in [-0.3, -0.25) is 14.2 Å². The molecule has 1 amide bonds. The van der Waals surface area contributed by atoms with E-state index < -0.39 is 0 Å². The van der Waals surface area contributed by atoms with Crippen molar-refractivity contribution in [2.45, 2.75) is 25.4 Å². The first-order chi connectivity index (χ1) is 11.7. The van der Waals surface area contributed by atoms with Crippen LogP contribution in [0.15, 0.2) is 39.8 Å². The normalized spacial score (nSPS) is 14.4. The number of hydrogen-bond acceptors (Lipinski definition) is 5. The van der Waals surface area contributed by atoms with E-state index in [0.29, 0.717) is 17.6 Å². The average Bonchev–Trinajstić information content (AvgIpc) is 3.35. The van der Waals surface area contributed by atoms with Crippen molar-refractivity contribution in [2.24, 2.45) is 0 Å². The molecule has 1 fully saturated rings. The van der Waals surface area contributed by atoms with E-state index in [9.17, 15) is 9.59 Å². The molecular weight excluding hydrogens is 310 g/mol. The second-order valence-electron chi connectivity index (χ2n) is 6.00. The fourth-order valence-electron chi connectivity index (χ4n) is 2.97. The highest BCUT2D eigenvalue weighted by Gasteiger charge is 2.32. The Bertz CT molecular complexity index is 971. The molecule has 0 bridgehead atoms. The molecule has 1 aliphatic rings. The average molecular weight is 327 g/mol. The van der Waals surface area contributed by atoms with Crippen LogP contribution in [0.5, 0.6) is 0 Å². The molecule has 0 unspecified atom stereocenters. The van der Waals surface area contributed by atoms with E-state index in [-0.39, 0.29) is 36.2 Å². The molecule has 0 aliphatic heterocycles. The number of amides is 1. The van der Waals surface area contributed by atoms with Crippen molar-refractivity contribution in [2.75, 3.05) is 13.2 Å². The number of rotatable bonds is 5. The summed E-state index contributed by atoms with van der Waals surface area (Å²) in [7, 11) is 0. The number of carbonyl (C=O) groups is 1. The number of benzene rings is 1. The summed E-state index contributed by atoms with van der Waals surface area (Å²) >= 11 is 0. The molecule has 2 heterocycles. The van der Waals surface area contributed by atoms with Crippen molar-refractivity contribution < 1.29 is 14.3 Å². The molecule has 1 N–H and O–H groups in total. The maximum Gasteiger partial charge on any atom is 0.297 e. The third-order valence-electron chi connectivity index (χ3n) is 4.31. The minimum absolute atomic E-state index is 0.0853. The highest BCUT2D eigenvalue weighted by Crippen LogP contribution is 2.27. The first-order valence-electron chi connectivity index (χ1n) is 7.96. The standard InChI is InChI=1S/C17H17N3O4/c21-8-7-20(11-5-6-11)14(22)9-19-10-18-15-12-3-1-2-4-13(12)24-16(15)17(19)23/h1-4,10-11,21H,5-9H2. The Kier molecular flexibility index (Phi) is 3.57. The van der Waals surface area contributed by atoms with Crippen molar-refractivity contribution in [3.8, 4) is 0 Å². The summed E-state index contributed by atoms with van der Waals surface area (Å²) in [6.07, 6.45) is 3.28. The van der Waals surface area contributed by atoms with Gasteiger partial charge < -0.3 is 14.4 Å². The summed E-state index contributed by atoms with van der Waals surface area (Å²) in [6, 6.07) is 7.50. The first-order valence-corrected chi connectivity index (χ1v) is 7.96. The number of aliphatic hydroxyl groups is 1. The molecule has 3 aromatic rings. The van der Waals surface area contributed by atoms with Gasteiger partial charge in [0.05, 0.1) is 12.9 Å². The Morgan fingerprint density at radius 2 is 2.17 bits per heavy atom. The maximum atomic E-state index is 12.6. The van der Waals surface area contributed by atoms with Crippen LogP contribution in [-0.2, 0) is 11.3 Å². The molecule has 1 aromatic carbocycles. The molecular formula is C17H17N3O4. The minimum atomic E-state index is -0.371. The monoisotopic (exact) mass is 327 g/mol. The van der Waals surface area contributed by atoms with Crippen LogP contribution in [0.25, 0.3) is 22.1 Å². The van der Waals surface area contributed by atoms with Gasteiger partial charge in [0.2, 0.25) is 11.5 Å². The second-order valence-corrected chi connectivity index (χ2v) is 6.00. The van der Waals surface area contributed by atoms with E-state index in [1.807, 2.05) is 18.2 Å². The van der Waals surface area contributed by atoms with E-state index in [1.54, 1.807) is 11.0 Å². The van der Waals surface area contributed by atoms with E-state index in [1.165, 1.54) is 10.9 Å². The fraction of sp³-hybridized carbons (Fsp3) is 0.353.